The van der Waals surface area contributed by atoms with Gasteiger partial charge in [0, 0.05) is 17.2 Å². The maximum absolute atomic E-state index is 13.5. The molecule has 1 heterocycles. The number of nitro groups is 1. The lowest BCUT2D eigenvalue weighted by molar-refractivity contribution is -0.385. The lowest BCUT2D eigenvalue weighted by Gasteiger charge is -2.15. The number of nitro benzene ring substituents is 1. The number of carbonyl (C=O) groups is 1. The number of rotatable bonds is 6. The van der Waals surface area contributed by atoms with Crippen LogP contribution in [0.2, 0.25) is 5.02 Å². The van der Waals surface area contributed by atoms with Gasteiger partial charge in [0.15, 0.2) is 11.5 Å². The Morgan fingerprint density at radius 3 is 2.43 bits per heavy atom. The molecule has 0 spiro atoms. The van der Waals surface area contributed by atoms with Crippen molar-refractivity contribution in [1.29, 1.82) is 0 Å². The highest BCUT2D eigenvalue weighted by Crippen LogP contribution is 2.42. The van der Waals surface area contributed by atoms with E-state index >= 15 is 0 Å². The van der Waals surface area contributed by atoms with Crippen LogP contribution in [0.1, 0.15) is 18.1 Å². The number of hydrazone groups is 1. The van der Waals surface area contributed by atoms with Gasteiger partial charge in [-0.05, 0) is 55.0 Å². The highest BCUT2D eigenvalue weighted by molar-refractivity contribution is 6.33. The molecule has 0 atom stereocenters. The lowest BCUT2D eigenvalue weighted by Crippen LogP contribution is -2.21. The number of alkyl halides is 3. The van der Waals surface area contributed by atoms with Crippen molar-refractivity contribution in [3.8, 4) is 17.2 Å². The van der Waals surface area contributed by atoms with E-state index in [2.05, 4.69) is 5.10 Å². The first-order valence-corrected chi connectivity index (χ1v) is 10.9. The van der Waals surface area contributed by atoms with Crippen molar-refractivity contribution in [2.45, 2.75) is 13.1 Å². The number of carbonyl (C=O) groups excluding carboxylic acids is 1. The second-order valence-electron chi connectivity index (χ2n) is 7.79. The second-order valence-corrected chi connectivity index (χ2v) is 8.22. The number of ether oxygens (including phenoxy) is 2. The second kappa shape index (κ2) is 9.94. The SMILES string of the molecule is COc1cc(C=C2C(=O)N(c3cccc(Cl)c3)N=C2C)ccc1Oc1ccc([N+](=O)[O-])cc1C(F)(F)F. The number of non-ortho nitro benzene ring substituents is 1. The number of halogens is 4. The van der Waals surface area contributed by atoms with Crippen LogP contribution in [0.4, 0.5) is 24.5 Å². The summed E-state index contributed by atoms with van der Waals surface area (Å²) in [5, 5.41) is 16.9. The van der Waals surface area contributed by atoms with Crippen LogP contribution < -0.4 is 14.5 Å². The molecule has 0 fully saturated rings. The molecule has 1 amide bonds. The van der Waals surface area contributed by atoms with Crippen molar-refractivity contribution >= 4 is 40.7 Å². The van der Waals surface area contributed by atoms with Gasteiger partial charge in [0.2, 0.25) is 0 Å². The Labute approximate surface area is 213 Å². The fourth-order valence-corrected chi connectivity index (χ4v) is 3.74. The first-order valence-electron chi connectivity index (χ1n) is 10.6. The molecule has 0 aliphatic carbocycles. The predicted molar refractivity (Wildman–Crippen MR) is 131 cm³/mol. The Morgan fingerprint density at radius 2 is 1.78 bits per heavy atom. The molecule has 4 rings (SSSR count). The van der Waals surface area contributed by atoms with E-state index in [9.17, 15) is 28.1 Å². The smallest absolute Gasteiger partial charge is 0.420 e. The fourth-order valence-electron chi connectivity index (χ4n) is 3.55. The van der Waals surface area contributed by atoms with E-state index < -0.39 is 28.1 Å². The van der Waals surface area contributed by atoms with E-state index in [0.29, 0.717) is 33.6 Å². The monoisotopic (exact) mass is 531 g/mol. The Kier molecular flexibility index (Phi) is 6.90. The molecular formula is C25H17ClF3N3O5. The number of hydrogen-bond acceptors (Lipinski definition) is 6. The molecule has 0 aromatic heterocycles. The van der Waals surface area contributed by atoms with Crippen LogP contribution in [0.3, 0.4) is 0 Å². The Balaban J connectivity index is 1.64. The third-order valence-electron chi connectivity index (χ3n) is 5.31. The van der Waals surface area contributed by atoms with Gasteiger partial charge < -0.3 is 9.47 Å². The zero-order valence-electron chi connectivity index (χ0n) is 19.2. The van der Waals surface area contributed by atoms with Gasteiger partial charge in [0.1, 0.15) is 11.3 Å². The summed E-state index contributed by atoms with van der Waals surface area (Å²) in [7, 11) is 1.30. The first-order chi connectivity index (χ1) is 17.5. The van der Waals surface area contributed by atoms with Gasteiger partial charge in [-0.15, -0.1) is 0 Å². The van der Waals surface area contributed by atoms with Crippen molar-refractivity contribution in [1.82, 2.24) is 0 Å². The van der Waals surface area contributed by atoms with Gasteiger partial charge in [-0.25, -0.2) is 0 Å². The predicted octanol–water partition coefficient (Wildman–Crippen LogP) is 6.87. The molecule has 190 valence electrons. The van der Waals surface area contributed by atoms with Crippen molar-refractivity contribution < 1.29 is 32.4 Å². The van der Waals surface area contributed by atoms with Gasteiger partial charge in [-0.3, -0.25) is 14.9 Å². The van der Waals surface area contributed by atoms with Crippen LogP contribution in [0.25, 0.3) is 6.08 Å². The molecule has 12 heteroatoms. The van der Waals surface area contributed by atoms with Crippen LogP contribution in [0, 0.1) is 10.1 Å². The van der Waals surface area contributed by atoms with E-state index in [1.807, 2.05) is 0 Å². The lowest BCUT2D eigenvalue weighted by atomic mass is 10.1. The van der Waals surface area contributed by atoms with Gasteiger partial charge in [-0.1, -0.05) is 23.7 Å². The highest BCUT2D eigenvalue weighted by atomic mass is 35.5. The van der Waals surface area contributed by atoms with E-state index in [-0.39, 0.29) is 17.4 Å². The maximum Gasteiger partial charge on any atom is 0.420 e. The Bertz CT molecular complexity index is 1470. The van der Waals surface area contributed by atoms with Gasteiger partial charge in [0.25, 0.3) is 11.6 Å². The summed E-state index contributed by atoms with van der Waals surface area (Å²) in [6.07, 6.45) is -3.33. The quantitative estimate of drug-likeness (QED) is 0.196. The van der Waals surface area contributed by atoms with Crippen LogP contribution in [0.5, 0.6) is 17.2 Å². The fraction of sp³-hybridized carbons (Fsp3) is 0.120. The molecule has 0 radical (unpaired) electrons. The Morgan fingerprint density at radius 1 is 1.05 bits per heavy atom. The largest absolute Gasteiger partial charge is 0.493 e. The summed E-state index contributed by atoms with van der Waals surface area (Å²) in [5.41, 5.74) is -0.298. The third-order valence-corrected chi connectivity index (χ3v) is 5.55. The van der Waals surface area contributed by atoms with E-state index in [1.54, 1.807) is 37.3 Å². The maximum atomic E-state index is 13.5. The molecule has 1 aliphatic rings. The average Bonchev–Trinajstić information content (AvgIpc) is 3.12. The minimum absolute atomic E-state index is 0.0623. The van der Waals surface area contributed by atoms with Gasteiger partial charge in [-0.2, -0.15) is 23.3 Å². The molecule has 1 aliphatic heterocycles. The molecule has 0 unspecified atom stereocenters. The molecule has 3 aromatic carbocycles. The molecule has 37 heavy (non-hydrogen) atoms. The summed E-state index contributed by atoms with van der Waals surface area (Å²) in [6.45, 7) is 1.66. The van der Waals surface area contributed by atoms with Crippen molar-refractivity contribution in [3.05, 3.63) is 92.5 Å². The third kappa shape index (κ3) is 5.41. The van der Waals surface area contributed by atoms with E-state index in [0.717, 1.165) is 12.1 Å². The van der Waals surface area contributed by atoms with E-state index in [4.69, 9.17) is 21.1 Å². The summed E-state index contributed by atoms with van der Waals surface area (Å²) >= 11 is 6.02. The summed E-state index contributed by atoms with van der Waals surface area (Å²) < 4.78 is 51.3. The minimum atomic E-state index is -4.90. The number of anilines is 1. The zero-order valence-corrected chi connectivity index (χ0v) is 20.0. The van der Waals surface area contributed by atoms with E-state index in [1.165, 1.54) is 30.3 Å². The molecule has 3 aromatic rings. The van der Waals surface area contributed by atoms with Crippen molar-refractivity contribution in [2.24, 2.45) is 5.10 Å². The molecule has 0 saturated carbocycles. The molecular weight excluding hydrogens is 515 g/mol. The normalized spacial score (nSPS) is 14.6. The summed E-state index contributed by atoms with van der Waals surface area (Å²) in [4.78, 5) is 23.0. The minimum Gasteiger partial charge on any atom is -0.493 e. The number of amides is 1. The number of hydrogen-bond donors (Lipinski definition) is 0. The summed E-state index contributed by atoms with van der Waals surface area (Å²) in [6, 6.07) is 13.2. The topological polar surface area (TPSA) is 94.3 Å². The van der Waals surface area contributed by atoms with Crippen LogP contribution in [-0.4, -0.2) is 23.7 Å². The van der Waals surface area contributed by atoms with Crippen LogP contribution in [0.15, 0.2) is 71.3 Å². The van der Waals surface area contributed by atoms with Crippen LogP contribution in [-0.2, 0) is 11.0 Å². The van der Waals surface area contributed by atoms with Gasteiger partial charge >= 0.3 is 6.18 Å². The molecule has 0 bridgehead atoms. The van der Waals surface area contributed by atoms with Crippen molar-refractivity contribution in [3.63, 3.8) is 0 Å². The van der Waals surface area contributed by atoms with Crippen LogP contribution >= 0.6 is 11.6 Å². The summed E-state index contributed by atoms with van der Waals surface area (Å²) in [5.74, 6) is -1.01. The van der Waals surface area contributed by atoms with Crippen molar-refractivity contribution in [2.75, 3.05) is 12.1 Å². The zero-order chi connectivity index (χ0) is 26.9. The molecule has 8 nitrogen and oxygen atoms in total. The number of methoxy groups -OCH3 is 1. The van der Waals surface area contributed by atoms with Gasteiger partial charge in [0.05, 0.1) is 29.0 Å². The first kappa shape index (κ1) is 25.7. The number of nitrogens with zero attached hydrogens (tertiary/aromatic N) is 3. The highest BCUT2D eigenvalue weighted by Gasteiger charge is 2.36. The Hall–Kier alpha value is -4.38. The molecule has 0 N–H and O–H groups in total. The standard InChI is InChI=1S/C25H17ClF3N3O5/c1-14-19(24(33)31(30-14)17-5-3-4-16(26)12-17)10-15-6-8-22(23(11-15)36-2)37-21-9-7-18(32(34)35)13-20(21)25(27,28)29/h3-13H,1-2H3. The molecule has 0 saturated heterocycles. The average molecular weight is 532 g/mol. The number of benzene rings is 3.